The van der Waals surface area contributed by atoms with Gasteiger partial charge in [0.05, 0.1) is 4.92 Å². The molecular weight excluding hydrogens is 256 g/mol. The predicted molar refractivity (Wildman–Crippen MR) is 78.3 cm³/mol. The Kier molecular flexibility index (Phi) is 3.58. The van der Waals surface area contributed by atoms with E-state index in [-0.39, 0.29) is 10.6 Å². The lowest BCUT2D eigenvalue weighted by molar-refractivity contribution is -0.384. The number of aryl methyl sites for hydroxylation is 1. The first-order chi connectivity index (χ1) is 9.66. The van der Waals surface area contributed by atoms with Gasteiger partial charge in [0.25, 0.3) is 5.69 Å². The maximum absolute atomic E-state index is 11.3. The molecule has 20 heavy (non-hydrogen) atoms. The fourth-order valence-corrected chi connectivity index (χ4v) is 3.00. The normalized spacial score (nSPS) is 20.8. The quantitative estimate of drug-likeness (QED) is 0.659. The van der Waals surface area contributed by atoms with Gasteiger partial charge in [0.2, 0.25) is 0 Å². The molecule has 6 heteroatoms. The number of para-hydroxylation sites is 1. The second kappa shape index (κ2) is 5.38. The average Bonchev–Trinajstić information content (AvgIpc) is 2.37. The number of rotatable bonds is 3. The van der Waals surface area contributed by atoms with E-state index in [4.69, 9.17) is 0 Å². The van der Waals surface area contributed by atoms with Crippen LogP contribution in [0.1, 0.15) is 5.56 Å². The van der Waals surface area contributed by atoms with Crippen LogP contribution in [0, 0.1) is 17.0 Å². The molecule has 0 spiro atoms. The van der Waals surface area contributed by atoms with E-state index < -0.39 is 0 Å². The summed E-state index contributed by atoms with van der Waals surface area (Å²) in [5.74, 6) is 0. The van der Waals surface area contributed by atoms with E-state index in [1.165, 1.54) is 0 Å². The van der Waals surface area contributed by atoms with Crippen LogP contribution < -0.4 is 10.2 Å². The Balaban J connectivity index is 1.74. The van der Waals surface area contributed by atoms with Crippen molar-refractivity contribution in [2.45, 2.75) is 13.0 Å². The number of nitrogens with zero attached hydrogens (tertiary/aromatic N) is 3. The third-order valence-corrected chi connectivity index (χ3v) is 4.33. The Morgan fingerprint density at radius 1 is 1.25 bits per heavy atom. The Morgan fingerprint density at radius 3 is 2.50 bits per heavy atom. The van der Waals surface area contributed by atoms with Crippen LogP contribution >= 0.6 is 0 Å². The Labute approximate surface area is 118 Å². The van der Waals surface area contributed by atoms with Crippen molar-refractivity contribution in [3.05, 3.63) is 33.9 Å². The molecule has 2 aliphatic rings. The zero-order valence-corrected chi connectivity index (χ0v) is 11.7. The molecular formula is C14H20N4O2. The molecule has 0 radical (unpaired) electrons. The number of hydrogen-bond donors (Lipinski definition) is 1. The van der Waals surface area contributed by atoms with Crippen molar-refractivity contribution in [2.24, 2.45) is 0 Å². The smallest absolute Gasteiger partial charge is 0.295 e. The van der Waals surface area contributed by atoms with Gasteiger partial charge in [0.15, 0.2) is 0 Å². The van der Waals surface area contributed by atoms with Crippen LogP contribution in [-0.4, -0.2) is 55.1 Å². The zero-order valence-electron chi connectivity index (χ0n) is 11.7. The maximum Gasteiger partial charge on any atom is 0.295 e. The lowest BCUT2D eigenvalue weighted by atomic mass is 10.1. The summed E-state index contributed by atoms with van der Waals surface area (Å²) in [6.07, 6.45) is 0. The summed E-state index contributed by atoms with van der Waals surface area (Å²) in [7, 11) is 0. The van der Waals surface area contributed by atoms with Gasteiger partial charge in [-0.15, -0.1) is 0 Å². The number of nitro groups is 1. The standard InChI is InChI=1S/C14H20N4O2/c1-11-3-2-4-13(14(11)18(19)20)17-7-5-16(6-8-17)12-9-15-10-12/h2-4,12,15H,5-10H2,1H3. The molecule has 2 aliphatic heterocycles. The molecule has 0 saturated carbocycles. The minimum atomic E-state index is -0.257. The largest absolute Gasteiger partial charge is 0.363 e. The lowest BCUT2D eigenvalue weighted by Gasteiger charge is -2.43. The van der Waals surface area contributed by atoms with Crippen molar-refractivity contribution in [2.75, 3.05) is 44.2 Å². The van der Waals surface area contributed by atoms with Gasteiger partial charge in [-0.1, -0.05) is 12.1 Å². The van der Waals surface area contributed by atoms with Crippen molar-refractivity contribution < 1.29 is 4.92 Å². The summed E-state index contributed by atoms with van der Waals surface area (Å²) >= 11 is 0. The summed E-state index contributed by atoms with van der Waals surface area (Å²) in [5, 5.41) is 14.6. The van der Waals surface area contributed by atoms with Crippen LogP contribution in [0.5, 0.6) is 0 Å². The maximum atomic E-state index is 11.3. The summed E-state index contributed by atoms with van der Waals surface area (Å²) in [4.78, 5) is 15.6. The Hall–Kier alpha value is -1.66. The second-order valence-corrected chi connectivity index (χ2v) is 5.53. The fraction of sp³-hybridized carbons (Fsp3) is 0.571. The number of hydrogen-bond acceptors (Lipinski definition) is 5. The Bertz CT molecular complexity index is 508. The molecule has 2 saturated heterocycles. The molecule has 0 atom stereocenters. The van der Waals surface area contributed by atoms with Gasteiger partial charge in [0, 0.05) is 50.9 Å². The van der Waals surface area contributed by atoms with Crippen LogP contribution in [0.3, 0.4) is 0 Å². The van der Waals surface area contributed by atoms with Gasteiger partial charge >= 0.3 is 0 Å². The third-order valence-electron chi connectivity index (χ3n) is 4.33. The Morgan fingerprint density at radius 2 is 1.95 bits per heavy atom. The van der Waals surface area contributed by atoms with Gasteiger partial charge in [0.1, 0.15) is 5.69 Å². The SMILES string of the molecule is Cc1cccc(N2CCN(C3CNC3)CC2)c1[N+](=O)[O-]. The third kappa shape index (κ3) is 2.36. The molecule has 0 unspecified atom stereocenters. The highest BCUT2D eigenvalue weighted by Crippen LogP contribution is 2.32. The highest BCUT2D eigenvalue weighted by atomic mass is 16.6. The van der Waals surface area contributed by atoms with Crippen molar-refractivity contribution in [3.8, 4) is 0 Å². The first-order valence-electron chi connectivity index (χ1n) is 7.10. The highest BCUT2D eigenvalue weighted by Gasteiger charge is 2.30. The van der Waals surface area contributed by atoms with Crippen LogP contribution in [0.25, 0.3) is 0 Å². The van der Waals surface area contributed by atoms with E-state index in [2.05, 4.69) is 15.1 Å². The molecule has 2 heterocycles. The van der Waals surface area contributed by atoms with Gasteiger partial charge in [-0.2, -0.15) is 0 Å². The predicted octanol–water partition coefficient (Wildman–Crippen LogP) is 0.997. The van der Waals surface area contributed by atoms with Crippen LogP contribution in [0.4, 0.5) is 11.4 Å². The average molecular weight is 276 g/mol. The monoisotopic (exact) mass is 276 g/mol. The van der Waals surface area contributed by atoms with Crippen molar-refractivity contribution >= 4 is 11.4 Å². The minimum absolute atomic E-state index is 0.256. The molecule has 1 aromatic carbocycles. The number of nitro benzene ring substituents is 1. The number of anilines is 1. The van der Waals surface area contributed by atoms with E-state index in [0.29, 0.717) is 6.04 Å². The van der Waals surface area contributed by atoms with E-state index >= 15 is 0 Å². The van der Waals surface area contributed by atoms with E-state index in [0.717, 1.165) is 50.5 Å². The first kappa shape index (κ1) is 13.3. The summed E-state index contributed by atoms with van der Waals surface area (Å²) in [5.41, 5.74) is 1.76. The van der Waals surface area contributed by atoms with Gasteiger partial charge in [-0.3, -0.25) is 15.0 Å². The van der Waals surface area contributed by atoms with Crippen LogP contribution in [-0.2, 0) is 0 Å². The van der Waals surface area contributed by atoms with E-state index in [1.807, 2.05) is 12.1 Å². The van der Waals surface area contributed by atoms with E-state index in [9.17, 15) is 10.1 Å². The molecule has 3 rings (SSSR count). The van der Waals surface area contributed by atoms with Crippen molar-refractivity contribution in [1.29, 1.82) is 0 Å². The van der Waals surface area contributed by atoms with Crippen molar-refractivity contribution in [3.63, 3.8) is 0 Å². The zero-order chi connectivity index (χ0) is 14.1. The lowest BCUT2D eigenvalue weighted by Crippen LogP contribution is -2.61. The van der Waals surface area contributed by atoms with Gasteiger partial charge < -0.3 is 10.2 Å². The summed E-state index contributed by atoms with van der Waals surface area (Å²) < 4.78 is 0. The second-order valence-electron chi connectivity index (χ2n) is 5.53. The molecule has 108 valence electrons. The van der Waals surface area contributed by atoms with Gasteiger partial charge in [-0.05, 0) is 13.0 Å². The van der Waals surface area contributed by atoms with Gasteiger partial charge in [-0.25, -0.2) is 0 Å². The van der Waals surface area contributed by atoms with Crippen molar-refractivity contribution in [1.82, 2.24) is 10.2 Å². The summed E-state index contributed by atoms with van der Waals surface area (Å²) in [6.45, 7) is 7.64. The molecule has 0 aliphatic carbocycles. The molecule has 1 aromatic rings. The van der Waals surface area contributed by atoms with Crippen LogP contribution in [0.2, 0.25) is 0 Å². The fourth-order valence-electron chi connectivity index (χ4n) is 3.00. The molecule has 2 fully saturated rings. The molecule has 0 bridgehead atoms. The molecule has 0 aromatic heterocycles. The topological polar surface area (TPSA) is 61.6 Å². The number of nitrogens with one attached hydrogen (secondary N) is 1. The molecule has 0 amide bonds. The molecule has 6 nitrogen and oxygen atoms in total. The van der Waals surface area contributed by atoms with Crippen LogP contribution in [0.15, 0.2) is 18.2 Å². The number of piperazine rings is 1. The molecule has 1 N–H and O–H groups in total. The van der Waals surface area contributed by atoms with E-state index in [1.54, 1.807) is 13.0 Å². The summed E-state index contributed by atoms with van der Waals surface area (Å²) in [6, 6.07) is 6.23. The number of benzene rings is 1. The first-order valence-corrected chi connectivity index (χ1v) is 7.10. The highest BCUT2D eigenvalue weighted by molar-refractivity contribution is 5.66. The minimum Gasteiger partial charge on any atom is -0.363 e.